The maximum atomic E-state index is 11.9. The van der Waals surface area contributed by atoms with Gasteiger partial charge >= 0.3 is 0 Å². The number of nitrogens with one attached hydrogen (secondary N) is 1. The molecule has 1 aromatic heterocycles. The van der Waals surface area contributed by atoms with E-state index >= 15 is 0 Å². The van der Waals surface area contributed by atoms with Gasteiger partial charge in [-0.2, -0.15) is 0 Å². The molecule has 1 atom stereocenters. The Labute approximate surface area is 102 Å². The van der Waals surface area contributed by atoms with Crippen molar-refractivity contribution < 1.29 is 9.53 Å². The van der Waals surface area contributed by atoms with Crippen LogP contribution in [-0.4, -0.2) is 48.0 Å². The topological polar surface area (TPSA) is 45.3 Å². The molecule has 4 nitrogen and oxygen atoms in total. The van der Waals surface area contributed by atoms with E-state index in [-0.39, 0.29) is 5.78 Å². The predicted molar refractivity (Wildman–Crippen MR) is 66.2 cm³/mol. The van der Waals surface area contributed by atoms with Crippen molar-refractivity contribution in [3.05, 3.63) is 24.0 Å². The Hall–Kier alpha value is -1.13. The molecule has 0 aliphatic carbocycles. The molecule has 1 saturated heterocycles. The molecule has 0 bridgehead atoms. The number of carbonyl (C=O) groups is 1. The van der Waals surface area contributed by atoms with Crippen LogP contribution >= 0.6 is 0 Å². The summed E-state index contributed by atoms with van der Waals surface area (Å²) >= 11 is 0. The molecule has 1 N–H and O–H groups in total. The Morgan fingerprint density at radius 2 is 2.53 bits per heavy atom. The zero-order valence-electron chi connectivity index (χ0n) is 10.3. The Kier molecular flexibility index (Phi) is 4.34. The minimum atomic E-state index is 0.159. The lowest BCUT2D eigenvalue weighted by Gasteiger charge is -2.31. The van der Waals surface area contributed by atoms with Crippen LogP contribution in [0.15, 0.2) is 18.3 Å². The van der Waals surface area contributed by atoms with Gasteiger partial charge in [0.2, 0.25) is 0 Å². The van der Waals surface area contributed by atoms with Crippen molar-refractivity contribution in [3.8, 4) is 0 Å². The van der Waals surface area contributed by atoms with E-state index in [1.165, 1.54) is 0 Å². The number of carbonyl (C=O) groups excluding carboxylic acids is 1. The van der Waals surface area contributed by atoms with Gasteiger partial charge in [0.05, 0.1) is 18.3 Å². The van der Waals surface area contributed by atoms with Gasteiger partial charge in [-0.1, -0.05) is 0 Å². The molecule has 0 amide bonds. The van der Waals surface area contributed by atoms with Gasteiger partial charge in [-0.3, -0.25) is 9.69 Å². The van der Waals surface area contributed by atoms with Crippen LogP contribution in [0.5, 0.6) is 0 Å². The quantitative estimate of drug-likeness (QED) is 0.791. The van der Waals surface area contributed by atoms with Gasteiger partial charge in [0.1, 0.15) is 0 Å². The van der Waals surface area contributed by atoms with Gasteiger partial charge in [0.25, 0.3) is 0 Å². The molecule has 4 heteroatoms. The number of rotatable bonds is 5. The molecular formula is C13H20N2O2. The van der Waals surface area contributed by atoms with Gasteiger partial charge < -0.3 is 9.72 Å². The molecule has 0 aromatic carbocycles. The number of hydrogen-bond acceptors (Lipinski definition) is 3. The number of Topliss-reactive ketones (excluding diaryl/α,β-unsaturated/α-hetero) is 1. The average Bonchev–Trinajstić information content (AvgIpc) is 2.83. The van der Waals surface area contributed by atoms with E-state index in [1.54, 1.807) is 6.20 Å². The summed E-state index contributed by atoms with van der Waals surface area (Å²) in [4.78, 5) is 17.1. The van der Waals surface area contributed by atoms with Gasteiger partial charge in [-0.15, -0.1) is 0 Å². The first-order valence-electron chi connectivity index (χ1n) is 6.30. The third-order valence-electron chi connectivity index (χ3n) is 3.13. The fourth-order valence-corrected chi connectivity index (χ4v) is 2.32. The smallest absolute Gasteiger partial charge is 0.192 e. The van der Waals surface area contributed by atoms with Gasteiger partial charge in [0, 0.05) is 19.3 Å². The maximum Gasteiger partial charge on any atom is 0.192 e. The van der Waals surface area contributed by atoms with Crippen molar-refractivity contribution >= 4 is 5.78 Å². The summed E-state index contributed by atoms with van der Waals surface area (Å²) < 4.78 is 5.62. The number of likely N-dealkylation sites (tertiary alicyclic amines) is 1. The van der Waals surface area contributed by atoms with E-state index in [9.17, 15) is 4.79 Å². The van der Waals surface area contributed by atoms with Crippen molar-refractivity contribution in [1.29, 1.82) is 0 Å². The van der Waals surface area contributed by atoms with Crippen molar-refractivity contribution in [1.82, 2.24) is 9.88 Å². The molecule has 0 spiro atoms. The highest BCUT2D eigenvalue weighted by Crippen LogP contribution is 2.13. The molecule has 1 aromatic rings. The lowest BCUT2D eigenvalue weighted by Crippen LogP contribution is -2.42. The van der Waals surface area contributed by atoms with E-state index in [1.807, 2.05) is 19.1 Å². The van der Waals surface area contributed by atoms with Crippen LogP contribution in [0.25, 0.3) is 0 Å². The monoisotopic (exact) mass is 236 g/mol. The van der Waals surface area contributed by atoms with Crippen LogP contribution in [-0.2, 0) is 4.74 Å². The SMILES string of the molecule is CCOC1CCCN(CC(=O)c2ccc[nH]2)C1. The normalized spacial score (nSPS) is 21.6. The minimum Gasteiger partial charge on any atom is -0.377 e. The number of nitrogens with zero attached hydrogens (tertiary/aromatic N) is 1. The number of ether oxygens (including phenoxy) is 1. The first-order valence-corrected chi connectivity index (χ1v) is 6.30. The third kappa shape index (κ3) is 3.41. The molecule has 2 rings (SSSR count). The van der Waals surface area contributed by atoms with Crippen molar-refractivity contribution in [2.75, 3.05) is 26.2 Å². The molecule has 2 heterocycles. The second-order valence-corrected chi connectivity index (χ2v) is 4.46. The number of hydrogen-bond donors (Lipinski definition) is 1. The largest absolute Gasteiger partial charge is 0.377 e. The van der Waals surface area contributed by atoms with Crippen LogP contribution < -0.4 is 0 Å². The Balaban J connectivity index is 1.84. The molecule has 0 radical (unpaired) electrons. The third-order valence-corrected chi connectivity index (χ3v) is 3.13. The van der Waals surface area contributed by atoms with Gasteiger partial charge in [-0.05, 0) is 38.4 Å². The lowest BCUT2D eigenvalue weighted by molar-refractivity contribution is 0.00714. The van der Waals surface area contributed by atoms with E-state index in [0.717, 1.165) is 32.5 Å². The van der Waals surface area contributed by atoms with Crippen molar-refractivity contribution in [2.24, 2.45) is 0 Å². The second-order valence-electron chi connectivity index (χ2n) is 4.46. The van der Waals surface area contributed by atoms with Crippen LogP contribution in [0.1, 0.15) is 30.3 Å². The highest BCUT2D eigenvalue weighted by atomic mass is 16.5. The molecule has 0 saturated carbocycles. The summed E-state index contributed by atoms with van der Waals surface area (Å²) in [6.07, 6.45) is 4.31. The highest BCUT2D eigenvalue weighted by Gasteiger charge is 2.22. The summed E-state index contributed by atoms with van der Waals surface area (Å²) in [5.74, 6) is 0.159. The Bertz CT molecular complexity index is 346. The van der Waals surface area contributed by atoms with E-state index in [0.29, 0.717) is 18.3 Å². The molecule has 17 heavy (non-hydrogen) atoms. The van der Waals surface area contributed by atoms with Crippen LogP contribution in [0, 0.1) is 0 Å². The molecule has 94 valence electrons. The first-order chi connectivity index (χ1) is 8.29. The molecule has 1 fully saturated rings. The number of aromatic nitrogens is 1. The number of aromatic amines is 1. The molecule has 1 aliphatic rings. The number of H-pyrrole nitrogens is 1. The zero-order chi connectivity index (χ0) is 12.1. The second kappa shape index (κ2) is 5.98. The zero-order valence-corrected chi connectivity index (χ0v) is 10.3. The summed E-state index contributed by atoms with van der Waals surface area (Å²) in [5, 5.41) is 0. The average molecular weight is 236 g/mol. The molecule has 1 aliphatic heterocycles. The van der Waals surface area contributed by atoms with E-state index < -0.39 is 0 Å². The number of ketones is 1. The van der Waals surface area contributed by atoms with E-state index in [2.05, 4.69) is 9.88 Å². The van der Waals surface area contributed by atoms with Crippen molar-refractivity contribution in [3.63, 3.8) is 0 Å². The fraction of sp³-hybridized carbons (Fsp3) is 0.615. The summed E-state index contributed by atoms with van der Waals surface area (Å²) in [6.45, 7) is 5.13. The van der Waals surface area contributed by atoms with Gasteiger partial charge in [-0.25, -0.2) is 0 Å². The van der Waals surface area contributed by atoms with Crippen molar-refractivity contribution in [2.45, 2.75) is 25.9 Å². The first kappa shape index (κ1) is 12.3. The van der Waals surface area contributed by atoms with Crippen LogP contribution in [0.2, 0.25) is 0 Å². The molecule has 1 unspecified atom stereocenters. The minimum absolute atomic E-state index is 0.159. The lowest BCUT2D eigenvalue weighted by atomic mass is 10.1. The predicted octanol–water partition coefficient (Wildman–Crippen LogP) is 1.70. The Morgan fingerprint density at radius 1 is 1.65 bits per heavy atom. The van der Waals surface area contributed by atoms with Crippen LogP contribution in [0.4, 0.5) is 0 Å². The van der Waals surface area contributed by atoms with E-state index in [4.69, 9.17) is 4.74 Å². The maximum absolute atomic E-state index is 11.9. The van der Waals surface area contributed by atoms with Gasteiger partial charge in [0.15, 0.2) is 5.78 Å². The van der Waals surface area contributed by atoms with Crippen LogP contribution in [0.3, 0.4) is 0 Å². The summed E-state index contributed by atoms with van der Waals surface area (Å²) in [5.41, 5.74) is 0.698. The summed E-state index contributed by atoms with van der Waals surface area (Å²) in [6, 6.07) is 3.68. The standard InChI is InChI=1S/C13H20N2O2/c1-2-17-11-5-4-8-15(9-11)10-13(16)12-6-3-7-14-12/h3,6-7,11,14H,2,4-5,8-10H2,1H3. The Morgan fingerprint density at radius 3 is 3.24 bits per heavy atom. The molecular weight excluding hydrogens is 216 g/mol. The highest BCUT2D eigenvalue weighted by molar-refractivity contribution is 5.95. The number of piperidine rings is 1. The summed E-state index contributed by atoms with van der Waals surface area (Å²) in [7, 11) is 0. The fourth-order valence-electron chi connectivity index (χ4n) is 2.32.